The fraction of sp³-hybridized carbons (Fsp3) is 0.200. The predicted octanol–water partition coefficient (Wildman–Crippen LogP) is 6.49. The van der Waals surface area contributed by atoms with E-state index in [1.165, 1.54) is 46.2 Å². The molecule has 0 fully saturated rings. The summed E-state index contributed by atoms with van der Waals surface area (Å²) in [5.74, 6) is -0.127. The molecule has 0 saturated heterocycles. The lowest BCUT2D eigenvalue weighted by atomic mass is 10.1. The number of aliphatic imine (C=N–C) groups is 1. The Morgan fingerprint density at radius 3 is 2.43 bits per heavy atom. The summed E-state index contributed by atoms with van der Waals surface area (Å²) in [6.45, 7) is -3.80. The summed E-state index contributed by atoms with van der Waals surface area (Å²) in [7, 11) is 1.59. The number of nitrogen functional groups attached to an aromatic ring is 1. The number of nitrogens with two attached hydrogens (primary N) is 1. The van der Waals surface area contributed by atoms with Gasteiger partial charge in [-0.25, -0.2) is 13.6 Å². The number of alkyl halides is 4. The predicted molar refractivity (Wildman–Crippen MR) is 134 cm³/mol. The lowest BCUT2D eigenvalue weighted by Gasteiger charge is -2.37. The standard InChI is InChI=1S/C25H21ClF4N4O3/c1-32-11-14-8-17(4-7-20(14)31)33-12-15-9-19(26)22(36-13-23(27)28)10-21(15)34(25(33)35)16-2-5-18(6-3-16)37-24(29)30/h2-11,23-24H,12-13,31H2,1H3. The third-order valence-electron chi connectivity index (χ3n) is 5.46. The number of fused-ring (bicyclic) bond motifs is 1. The number of halogens is 5. The lowest BCUT2D eigenvalue weighted by molar-refractivity contribution is -0.0498. The molecule has 3 aromatic rings. The Kier molecular flexibility index (Phi) is 7.72. The molecule has 1 heterocycles. The van der Waals surface area contributed by atoms with Crippen LogP contribution in [0.2, 0.25) is 5.02 Å². The van der Waals surface area contributed by atoms with E-state index < -0.39 is 25.7 Å². The molecule has 0 saturated carbocycles. The second kappa shape index (κ2) is 11.0. The molecule has 0 bridgehead atoms. The fourth-order valence-electron chi connectivity index (χ4n) is 3.85. The quantitative estimate of drug-likeness (QED) is 0.203. The van der Waals surface area contributed by atoms with E-state index in [9.17, 15) is 22.4 Å². The van der Waals surface area contributed by atoms with E-state index in [0.717, 1.165) is 0 Å². The van der Waals surface area contributed by atoms with Crippen molar-refractivity contribution in [1.29, 1.82) is 0 Å². The monoisotopic (exact) mass is 536 g/mol. The van der Waals surface area contributed by atoms with Crippen LogP contribution in [0, 0.1) is 0 Å². The van der Waals surface area contributed by atoms with Crippen LogP contribution in [-0.2, 0) is 6.54 Å². The highest BCUT2D eigenvalue weighted by atomic mass is 35.5. The molecule has 2 N–H and O–H groups in total. The molecule has 0 atom stereocenters. The van der Waals surface area contributed by atoms with E-state index in [1.54, 1.807) is 31.5 Å². The van der Waals surface area contributed by atoms with Crippen LogP contribution in [0.1, 0.15) is 11.1 Å². The van der Waals surface area contributed by atoms with Gasteiger partial charge < -0.3 is 15.2 Å². The van der Waals surface area contributed by atoms with E-state index in [2.05, 4.69) is 9.73 Å². The number of amides is 2. The number of rotatable bonds is 8. The SMILES string of the molecule is CN=Cc1cc(N2Cc3cc(Cl)c(OCC(F)F)cc3N(c3ccc(OC(F)F)cc3)C2=O)ccc1N. The maximum absolute atomic E-state index is 13.8. The van der Waals surface area contributed by atoms with E-state index in [0.29, 0.717) is 33.9 Å². The van der Waals surface area contributed by atoms with Gasteiger partial charge in [0.15, 0.2) is 0 Å². The first-order valence-corrected chi connectivity index (χ1v) is 11.3. The fourth-order valence-corrected chi connectivity index (χ4v) is 4.09. The van der Waals surface area contributed by atoms with Crippen molar-refractivity contribution >= 4 is 46.6 Å². The van der Waals surface area contributed by atoms with Crippen LogP contribution < -0.4 is 25.0 Å². The van der Waals surface area contributed by atoms with Gasteiger partial charge in [-0.3, -0.25) is 14.8 Å². The Morgan fingerprint density at radius 2 is 1.78 bits per heavy atom. The second-order valence-electron chi connectivity index (χ2n) is 7.89. The molecular formula is C25H21ClF4N4O3. The van der Waals surface area contributed by atoms with Gasteiger partial charge in [0.2, 0.25) is 0 Å². The second-order valence-corrected chi connectivity index (χ2v) is 8.30. The largest absolute Gasteiger partial charge is 0.486 e. The van der Waals surface area contributed by atoms with Crippen molar-refractivity contribution in [3.05, 3.63) is 70.7 Å². The Labute approximate surface area is 214 Å². The zero-order valence-corrected chi connectivity index (χ0v) is 20.1. The van der Waals surface area contributed by atoms with Gasteiger partial charge in [-0.2, -0.15) is 8.78 Å². The molecule has 1 aliphatic rings. The van der Waals surface area contributed by atoms with Gasteiger partial charge in [0.25, 0.3) is 6.43 Å². The summed E-state index contributed by atoms with van der Waals surface area (Å²) in [6.07, 6.45) is -1.17. The van der Waals surface area contributed by atoms with Crippen molar-refractivity contribution in [2.45, 2.75) is 19.6 Å². The molecule has 0 spiro atoms. The Bertz CT molecular complexity index is 1320. The maximum atomic E-state index is 13.8. The minimum atomic E-state index is -3.01. The summed E-state index contributed by atoms with van der Waals surface area (Å²) in [6, 6.07) is 12.9. The van der Waals surface area contributed by atoms with Crippen LogP contribution in [0.25, 0.3) is 0 Å². The molecule has 4 rings (SSSR count). The summed E-state index contributed by atoms with van der Waals surface area (Å²) in [5, 5.41) is 0.0884. The summed E-state index contributed by atoms with van der Waals surface area (Å²) in [4.78, 5) is 20.6. The van der Waals surface area contributed by atoms with E-state index >= 15 is 0 Å². The van der Waals surface area contributed by atoms with Crippen molar-refractivity contribution in [2.75, 3.05) is 29.2 Å². The molecule has 0 radical (unpaired) electrons. The van der Waals surface area contributed by atoms with Gasteiger partial charge in [-0.1, -0.05) is 11.6 Å². The van der Waals surface area contributed by atoms with Crippen LogP contribution in [0.3, 0.4) is 0 Å². The topological polar surface area (TPSA) is 80.4 Å². The minimum absolute atomic E-state index is 0.0291. The Balaban J connectivity index is 1.81. The first-order valence-electron chi connectivity index (χ1n) is 10.9. The van der Waals surface area contributed by atoms with E-state index in [-0.39, 0.29) is 23.1 Å². The van der Waals surface area contributed by atoms with Crippen LogP contribution in [0.4, 0.5) is 45.1 Å². The van der Waals surface area contributed by atoms with Crippen LogP contribution >= 0.6 is 11.6 Å². The number of carbonyl (C=O) groups excluding carboxylic acids is 1. The van der Waals surface area contributed by atoms with Gasteiger partial charge >= 0.3 is 12.6 Å². The molecule has 0 unspecified atom stereocenters. The number of hydrogen-bond donors (Lipinski definition) is 1. The van der Waals surface area contributed by atoms with E-state index in [4.69, 9.17) is 22.1 Å². The van der Waals surface area contributed by atoms with E-state index in [1.807, 2.05) is 0 Å². The molecule has 1 aliphatic heterocycles. The summed E-state index contributed by atoms with van der Waals surface area (Å²) < 4.78 is 60.3. The molecule has 3 aromatic carbocycles. The zero-order valence-electron chi connectivity index (χ0n) is 19.4. The molecule has 12 heteroatoms. The Hall–Kier alpha value is -3.99. The number of anilines is 4. The van der Waals surface area contributed by atoms with Crippen molar-refractivity contribution in [3.8, 4) is 11.5 Å². The first-order chi connectivity index (χ1) is 17.7. The molecule has 194 valence electrons. The minimum Gasteiger partial charge on any atom is -0.486 e. The lowest BCUT2D eigenvalue weighted by Crippen LogP contribution is -2.45. The number of carbonyl (C=O) groups is 1. The molecule has 7 nitrogen and oxygen atoms in total. The highest BCUT2D eigenvalue weighted by molar-refractivity contribution is 6.32. The molecular weight excluding hydrogens is 516 g/mol. The van der Waals surface area contributed by atoms with Gasteiger partial charge in [0.1, 0.15) is 18.1 Å². The van der Waals surface area contributed by atoms with Crippen LogP contribution in [0.5, 0.6) is 11.5 Å². The highest BCUT2D eigenvalue weighted by Gasteiger charge is 2.34. The normalized spacial score (nSPS) is 13.6. The van der Waals surface area contributed by atoms with Crippen molar-refractivity contribution in [1.82, 2.24) is 0 Å². The number of nitrogens with zero attached hydrogens (tertiary/aromatic N) is 3. The number of urea groups is 1. The van der Waals surface area contributed by atoms with Crippen molar-refractivity contribution in [3.63, 3.8) is 0 Å². The van der Waals surface area contributed by atoms with Gasteiger partial charge in [-0.15, -0.1) is 0 Å². The third kappa shape index (κ3) is 5.72. The average Bonchev–Trinajstić information content (AvgIpc) is 2.84. The average molecular weight is 537 g/mol. The van der Waals surface area contributed by atoms with Gasteiger partial charge in [-0.05, 0) is 54.1 Å². The smallest absolute Gasteiger partial charge is 0.387 e. The highest BCUT2D eigenvalue weighted by Crippen LogP contribution is 2.42. The molecule has 2 amide bonds. The van der Waals surface area contributed by atoms with Crippen LogP contribution in [-0.4, -0.2) is 38.9 Å². The first kappa shape index (κ1) is 26.1. The molecule has 0 aromatic heterocycles. The van der Waals surface area contributed by atoms with Crippen LogP contribution in [0.15, 0.2) is 59.6 Å². The molecule has 0 aliphatic carbocycles. The summed E-state index contributed by atoms with van der Waals surface area (Å²) >= 11 is 6.31. The number of ether oxygens (including phenoxy) is 2. The van der Waals surface area contributed by atoms with Gasteiger partial charge in [0.05, 0.1) is 22.9 Å². The Morgan fingerprint density at radius 1 is 1.08 bits per heavy atom. The van der Waals surface area contributed by atoms with Crippen molar-refractivity contribution < 1.29 is 31.8 Å². The maximum Gasteiger partial charge on any atom is 0.387 e. The zero-order chi connectivity index (χ0) is 26.7. The number of benzene rings is 3. The number of hydrogen-bond acceptors (Lipinski definition) is 5. The third-order valence-corrected chi connectivity index (χ3v) is 5.76. The molecule has 37 heavy (non-hydrogen) atoms. The van der Waals surface area contributed by atoms with Crippen molar-refractivity contribution in [2.24, 2.45) is 4.99 Å². The van der Waals surface area contributed by atoms with Gasteiger partial charge in [0, 0.05) is 36.3 Å². The summed E-state index contributed by atoms with van der Waals surface area (Å²) in [5.41, 5.74) is 8.83.